The Morgan fingerprint density at radius 3 is 1.27 bits per heavy atom. The van der Waals surface area contributed by atoms with Crippen LogP contribution in [0.5, 0.6) is 0 Å². The molecule has 0 rings (SSSR count). The average molecular weight is 792 g/mol. The van der Waals surface area contributed by atoms with Crippen LogP contribution in [0.1, 0.15) is 271 Å². The van der Waals surface area contributed by atoms with E-state index in [0.717, 1.165) is 57.8 Å². The van der Waals surface area contributed by atoms with Crippen LogP contribution in [-0.2, 0) is 14.3 Å². The zero-order valence-corrected chi connectivity index (χ0v) is 37.6. The van der Waals surface area contributed by atoms with Crippen LogP contribution in [0.25, 0.3) is 0 Å². The van der Waals surface area contributed by atoms with Crippen molar-refractivity contribution in [3.63, 3.8) is 0 Å². The van der Waals surface area contributed by atoms with Gasteiger partial charge in [-0.25, -0.2) is 0 Å². The minimum atomic E-state index is -0.680. The molecule has 0 saturated heterocycles. The van der Waals surface area contributed by atoms with Crippen molar-refractivity contribution in [2.45, 2.75) is 283 Å². The lowest BCUT2D eigenvalue weighted by Crippen LogP contribution is -2.45. The maximum absolute atomic E-state index is 12.4. The number of allylic oxidation sites excluding steroid dienone is 2. The van der Waals surface area contributed by atoms with Crippen LogP contribution in [0.15, 0.2) is 12.2 Å². The van der Waals surface area contributed by atoms with Crippen molar-refractivity contribution >= 4 is 11.9 Å². The highest BCUT2D eigenvalue weighted by Crippen LogP contribution is 2.16. The standard InChI is InChI=1S/C50H97NO5/c1-3-5-7-9-11-13-15-17-19-20-22-24-28-32-36-40-44-50(55)56-45-41-37-33-29-25-27-31-35-39-43-49(54)51-47(46-52)48(53)42-38-34-30-26-23-21-18-16-14-12-10-8-6-4-2/h19-20,47-48,52-53H,3-18,21-46H2,1-2H3,(H,51,54)/b20-19-. The summed E-state index contributed by atoms with van der Waals surface area (Å²) in [4.78, 5) is 24.5. The van der Waals surface area contributed by atoms with Crippen LogP contribution in [-0.4, -0.2) is 47.4 Å². The van der Waals surface area contributed by atoms with Gasteiger partial charge in [-0.3, -0.25) is 9.59 Å². The molecule has 0 fully saturated rings. The van der Waals surface area contributed by atoms with Gasteiger partial charge < -0.3 is 20.3 Å². The molecule has 0 aliphatic carbocycles. The number of esters is 1. The Kier molecular flexibility index (Phi) is 45.1. The van der Waals surface area contributed by atoms with Crippen molar-refractivity contribution in [3.05, 3.63) is 12.2 Å². The molecule has 0 heterocycles. The molecule has 0 aromatic rings. The van der Waals surface area contributed by atoms with E-state index < -0.39 is 12.1 Å². The molecule has 2 unspecified atom stereocenters. The van der Waals surface area contributed by atoms with E-state index in [4.69, 9.17) is 4.74 Å². The molecule has 332 valence electrons. The molecule has 2 atom stereocenters. The molecule has 0 aliphatic heterocycles. The molecule has 0 spiro atoms. The summed E-state index contributed by atoms with van der Waals surface area (Å²) in [7, 11) is 0. The van der Waals surface area contributed by atoms with Gasteiger partial charge in [-0.1, -0.05) is 219 Å². The number of aliphatic hydroxyl groups is 2. The van der Waals surface area contributed by atoms with Gasteiger partial charge >= 0.3 is 5.97 Å². The molecule has 56 heavy (non-hydrogen) atoms. The van der Waals surface area contributed by atoms with Crippen LogP contribution in [0.2, 0.25) is 0 Å². The molecule has 6 nitrogen and oxygen atoms in total. The van der Waals surface area contributed by atoms with Gasteiger partial charge in [0.05, 0.1) is 25.4 Å². The first-order valence-electron chi connectivity index (χ1n) is 24.9. The van der Waals surface area contributed by atoms with Crippen molar-refractivity contribution in [2.75, 3.05) is 13.2 Å². The normalized spacial score (nSPS) is 12.7. The van der Waals surface area contributed by atoms with E-state index in [1.54, 1.807) is 0 Å². The Hall–Kier alpha value is -1.40. The molecule has 1 amide bonds. The summed E-state index contributed by atoms with van der Waals surface area (Å²) < 4.78 is 5.45. The Balaban J connectivity index is 3.49. The number of unbranched alkanes of at least 4 members (excludes halogenated alkanes) is 33. The van der Waals surface area contributed by atoms with Gasteiger partial charge in [0.15, 0.2) is 0 Å². The highest BCUT2D eigenvalue weighted by atomic mass is 16.5. The van der Waals surface area contributed by atoms with Gasteiger partial charge in [0.25, 0.3) is 0 Å². The monoisotopic (exact) mass is 792 g/mol. The van der Waals surface area contributed by atoms with Crippen LogP contribution in [0, 0.1) is 0 Å². The summed E-state index contributed by atoms with van der Waals surface area (Å²) in [6.45, 7) is 4.88. The Bertz CT molecular complexity index is 832. The first-order valence-corrected chi connectivity index (χ1v) is 24.9. The fourth-order valence-corrected chi connectivity index (χ4v) is 7.69. The van der Waals surface area contributed by atoms with Gasteiger partial charge in [0, 0.05) is 12.8 Å². The molecule has 3 N–H and O–H groups in total. The van der Waals surface area contributed by atoms with E-state index in [1.165, 1.54) is 180 Å². The number of aliphatic hydroxyl groups excluding tert-OH is 2. The highest BCUT2D eigenvalue weighted by Gasteiger charge is 2.20. The van der Waals surface area contributed by atoms with Crippen molar-refractivity contribution in [3.8, 4) is 0 Å². The molecule has 0 bridgehead atoms. The quantitative estimate of drug-likeness (QED) is 0.0324. The predicted octanol–water partition coefficient (Wildman–Crippen LogP) is 14.6. The summed E-state index contributed by atoms with van der Waals surface area (Å²) in [5.74, 6) is -0.0945. The minimum Gasteiger partial charge on any atom is -0.466 e. The van der Waals surface area contributed by atoms with Crippen LogP contribution < -0.4 is 5.32 Å². The van der Waals surface area contributed by atoms with Crippen LogP contribution >= 0.6 is 0 Å². The number of rotatable bonds is 46. The summed E-state index contributed by atoms with van der Waals surface area (Å²) >= 11 is 0. The molecular weight excluding hydrogens is 695 g/mol. The van der Waals surface area contributed by atoms with Crippen LogP contribution in [0.3, 0.4) is 0 Å². The first kappa shape index (κ1) is 54.6. The molecule has 0 aliphatic rings. The number of carbonyl (C=O) groups is 2. The molecular formula is C50H97NO5. The fraction of sp³-hybridized carbons (Fsp3) is 0.920. The Morgan fingerprint density at radius 2 is 0.839 bits per heavy atom. The van der Waals surface area contributed by atoms with E-state index in [9.17, 15) is 19.8 Å². The van der Waals surface area contributed by atoms with Crippen LogP contribution in [0.4, 0.5) is 0 Å². The van der Waals surface area contributed by atoms with Crippen molar-refractivity contribution in [2.24, 2.45) is 0 Å². The Labute approximate surface area is 349 Å². The van der Waals surface area contributed by atoms with E-state index in [-0.39, 0.29) is 18.5 Å². The average Bonchev–Trinajstić information content (AvgIpc) is 3.20. The topological polar surface area (TPSA) is 95.9 Å². The maximum Gasteiger partial charge on any atom is 0.305 e. The van der Waals surface area contributed by atoms with Gasteiger partial charge in [0.1, 0.15) is 0 Å². The maximum atomic E-state index is 12.4. The van der Waals surface area contributed by atoms with Crippen molar-refractivity contribution in [1.29, 1.82) is 0 Å². The van der Waals surface area contributed by atoms with Gasteiger partial charge in [0.2, 0.25) is 5.91 Å². The van der Waals surface area contributed by atoms with E-state index in [2.05, 4.69) is 31.3 Å². The third-order valence-corrected chi connectivity index (χ3v) is 11.6. The molecule has 0 saturated carbocycles. The van der Waals surface area contributed by atoms with E-state index in [1.807, 2.05) is 0 Å². The van der Waals surface area contributed by atoms with Gasteiger partial charge in [-0.05, 0) is 51.4 Å². The number of hydrogen-bond acceptors (Lipinski definition) is 5. The highest BCUT2D eigenvalue weighted by molar-refractivity contribution is 5.76. The molecule has 0 aromatic carbocycles. The van der Waals surface area contributed by atoms with Crippen molar-refractivity contribution < 1.29 is 24.5 Å². The lowest BCUT2D eigenvalue weighted by atomic mass is 10.0. The summed E-state index contributed by atoms with van der Waals surface area (Å²) in [5.41, 5.74) is 0. The third-order valence-electron chi connectivity index (χ3n) is 11.6. The third kappa shape index (κ3) is 42.2. The SMILES string of the molecule is CCCCCCCCC/C=C\CCCCCCCC(=O)OCCCCCCCCCCCC(=O)NC(CO)C(O)CCCCCCCCCCCCCCCC. The largest absolute Gasteiger partial charge is 0.466 e. The number of hydrogen-bond donors (Lipinski definition) is 3. The molecule has 0 radical (unpaired) electrons. The summed E-state index contributed by atoms with van der Waals surface area (Å²) in [6.07, 6.45) is 51.7. The number of nitrogens with one attached hydrogen (secondary N) is 1. The molecule has 6 heteroatoms. The number of carbonyl (C=O) groups excluding carboxylic acids is 2. The first-order chi connectivity index (χ1) is 27.5. The predicted molar refractivity (Wildman–Crippen MR) is 241 cm³/mol. The summed E-state index contributed by atoms with van der Waals surface area (Å²) in [5, 5.41) is 23.2. The van der Waals surface area contributed by atoms with Crippen molar-refractivity contribution in [1.82, 2.24) is 5.32 Å². The van der Waals surface area contributed by atoms with E-state index in [0.29, 0.717) is 25.9 Å². The minimum absolute atomic E-state index is 0.0322. The smallest absolute Gasteiger partial charge is 0.305 e. The van der Waals surface area contributed by atoms with Gasteiger partial charge in [-0.15, -0.1) is 0 Å². The number of amides is 1. The lowest BCUT2D eigenvalue weighted by Gasteiger charge is -2.22. The second kappa shape index (κ2) is 46.3. The number of ether oxygens (including phenoxy) is 1. The second-order valence-electron chi connectivity index (χ2n) is 17.1. The zero-order chi connectivity index (χ0) is 40.8. The lowest BCUT2D eigenvalue weighted by molar-refractivity contribution is -0.143. The zero-order valence-electron chi connectivity index (χ0n) is 37.6. The fourth-order valence-electron chi connectivity index (χ4n) is 7.69. The second-order valence-corrected chi connectivity index (χ2v) is 17.1. The summed E-state index contributed by atoms with van der Waals surface area (Å²) in [6, 6.07) is -0.560. The van der Waals surface area contributed by atoms with E-state index >= 15 is 0 Å². The Morgan fingerprint density at radius 1 is 0.482 bits per heavy atom. The molecule has 0 aromatic heterocycles. The van der Waals surface area contributed by atoms with Gasteiger partial charge in [-0.2, -0.15) is 0 Å².